The number of oxazole rings is 1. The second-order valence-corrected chi connectivity index (χ2v) is 5.88. The van der Waals surface area contributed by atoms with Gasteiger partial charge in [-0.3, -0.25) is 4.79 Å². The van der Waals surface area contributed by atoms with Gasteiger partial charge in [0.15, 0.2) is 11.6 Å². The first-order chi connectivity index (χ1) is 10.8. The minimum Gasteiger partial charge on any atom is -0.445 e. The van der Waals surface area contributed by atoms with E-state index in [1.54, 1.807) is 6.92 Å². The van der Waals surface area contributed by atoms with Crippen molar-refractivity contribution >= 4 is 5.91 Å². The van der Waals surface area contributed by atoms with Crippen LogP contribution in [0.15, 0.2) is 4.42 Å². The van der Waals surface area contributed by atoms with Gasteiger partial charge >= 0.3 is 0 Å². The molecule has 0 radical (unpaired) electrons. The summed E-state index contributed by atoms with van der Waals surface area (Å²) in [5.41, 5.74) is 0.367. The van der Waals surface area contributed by atoms with Crippen molar-refractivity contribution in [3.63, 3.8) is 0 Å². The molecule has 0 bridgehead atoms. The number of rotatable bonds is 5. The van der Waals surface area contributed by atoms with Gasteiger partial charge in [0, 0.05) is 26.2 Å². The van der Waals surface area contributed by atoms with E-state index in [-0.39, 0.29) is 23.8 Å². The molecule has 1 unspecified atom stereocenters. The molecule has 1 amide bonds. The van der Waals surface area contributed by atoms with E-state index in [1.165, 1.54) is 0 Å². The van der Waals surface area contributed by atoms with Gasteiger partial charge in [-0.2, -0.15) is 0 Å². The van der Waals surface area contributed by atoms with Crippen molar-refractivity contribution in [1.29, 1.82) is 0 Å². The van der Waals surface area contributed by atoms with Crippen molar-refractivity contribution in [2.24, 2.45) is 5.41 Å². The Labute approximate surface area is 140 Å². The summed E-state index contributed by atoms with van der Waals surface area (Å²) < 4.78 is 5.61. The highest BCUT2D eigenvalue weighted by molar-refractivity contribution is 5.93. The lowest BCUT2D eigenvalue weighted by molar-refractivity contribution is 0.0945. The predicted octanol–water partition coefficient (Wildman–Crippen LogP) is 2.88. The number of nitrogens with zero attached hydrogens (tertiary/aromatic N) is 1. The van der Waals surface area contributed by atoms with Crippen LogP contribution < -0.4 is 5.32 Å². The van der Waals surface area contributed by atoms with E-state index >= 15 is 0 Å². The van der Waals surface area contributed by atoms with Gasteiger partial charge in [0.1, 0.15) is 5.76 Å². The molecule has 3 N–H and O–H groups in total. The summed E-state index contributed by atoms with van der Waals surface area (Å²) >= 11 is 0. The Balaban J connectivity index is 0. The van der Waals surface area contributed by atoms with Gasteiger partial charge in [-0.1, -0.05) is 41.5 Å². The molecule has 0 aliphatic rings. The van der Waals surface area contributed by atoms with Gasteiger partial charge in [-0.05, 0) is 18.8 Å². The zero-order valence-corrected chi connectivity index (χ0v) is 15.9. The molecular formula is C17H34N2O4. The van der Waals surface area contributed by atoms with Crippen LogP contribution in [-0.4, -0.2) is 41.4 Å². The lowest BCUT2D eigenvalue weighted by Gasteiger charge is -2.24. The van der Waals surface area contributed by atoms with Crippen LogP contribution in [0.3, 0.4) is 0 Å². The number of hydrogen-bond donors (Lipinski definition) is 3. The minimum atomic E-state index is -0.248. The fraction of sp³-hybridized carbons (Fsp3) is 0.765. The van der Waals surface area contributed by atoms with Crippen molar-refractivity contribution in [3.8, 4) is 0 Å². The maximum atomic E-state index is 11.9. The summed E-state index contributed by atoms with van der Waals surface area (Å²) in [7, 11) is 1.00. The molecule has 0 aliphatic carbocycles. The molecule has 136 valence electrons. The van der Waals surface area contributed by atoms with E-state index in [4.69, 9.17) is 14.6 Å². The molecule has 0 saturated heterocycles. The monoisotopic (exact) mass is 330 g/mol. The molecule has 0 aromatic carbocycles. The van der Waals surface area contributed by atoms with Gasteiger partial charge < -0.3 is 19.9 Å². The Hall–Kier alpha value is -1.40. The van der Waals surface area contributed by atoms with Crippen LogP contribution in [0.2, 0.25) is 0 Å². The van der Waals surface area contributed by atoms with Crippen LogP contribution in [0.5, 0.6) is 0 Å². The van der Waals surface area contributed by atoms with Crippen LogP contribution in [-0.2, 0) is 0 Å². The highest BCUT2D eigenvalue weighted by Gasteiger charge is 2.28. The maximum absolute atomic E-state index is 11.9. The summed E-state index contributed by atoms with van der Waals surface area (Å²) in [6.07, 6.45) is 0.536. The van der Waals surface area contributed by atoms with Gasteiger partial charge in [0.25, 0.3) is 5.91 Å². The molecule has 1 heterocycles. The maximum Gasteiger partial charge on any atom is 0.273 e. The minimum absolute atomic E-state index is 0.0297. The van der Waals surface area contributed by atoms with E-state index in [0.717, 1.165) is 7.11 Å². The molecule has 1 rings (SSSR count). The number of amides is 1. The molecule has 0 aliphatic heterocycles. The number of hydrogen-bond acceptors (Lipinski definition) is 5. The van der Waals surface area contributed by atoms with E-state index in [1.807, 2.05) is 20.8 Å². The van der Waals surface area contributed by atoms with Crippen LogP contribution in [0, 0.1) is 12.3 Å². The van der Waals surface area contributed by atoms with E-state index in [2.05, 4.69) is 31.1 Å². The normalized spacial score (nSPS) is 11.6. The summed E-state index contributed by atoms with van der Waals surface area (Å²) in [4.78, 5) is 16.2. The van der Waals surface area contributed by atoms with Crippen LogP contribution in [0.1, 0.15) is 76.0 Å². The molecule has 0 spiro atoms. The third kappa shape index (κ3) is 8.13. The number of nitrogens with one attached hydrogen (secondary N) is 1. The molecule has 1 aromatic rings. The molecule has 6 nitrogen and oxygen atoms in total. The molecule has 0 saturated carbocycles. The van der Waals surface area contributed by atoms with Crippen molar-refractivity contribution in [2.75, 3.05) is 20.3 Å². The van der Waals surface area contributed by atoms with E-state index in [0.29, 0.717) is 30.3 Å². The van der Waals surface area contributed by atoms with Crippen molar-refractivity contribution in [2.45, 2.75) is 60.8 Å². The zero-order chi connectivity index (χ0) is 18.6. The summed E-state index contributed by atoms with van der Waals surface area (Å²) in [5, 5.41) is 18.4. The summed E-state index contributed by atoms with van der Waals surface area (Å²) in [5.74, 6) is 1.01. The molecule has 1 atom stereocenters. The van der Waals surface area contributed by atoms with Gasteiger partial charge in [0.2, 0.25) is 0 Å². The second-order valence-electron chi connectivity index (χ2n) is 5.88. The smallest absolute Gasteiger partial charge is 0.273 e. The Morgan fingerprint density at radius 1 is 1.30 bits per heavy atom. The van der Waals surface area contributed by atoms with Crippen LogP contribution >= 0.6 is 0 Å². The molecule has 0 fully saturated rings. The van der Waals surface area contributed by atoms with Gasteiger partial charge in [-0.25, -0.2) is 4.98 Å². The molecule has 6 heteroatoms. The summed E-state index contributed by atoms with van der Waals surface area (Å²) in [6, 6.07) is 0. The number of aryl methyl sites for hydroxylation is 1. The van der Waals surface area contributed by atoms with Gasteiger partial charge in [-0.15, -0.1) is 0 Å². The fourth-order valence-corrected chi connectivity index (χ4v) is 1.55. The Kier molecular flexibility index (Phi) is 12.5. The Bertz CT molecular complexity index is 436. The first kappa shape index (κ1) is 23.9. The fourth-order valence-electron chi connectivity index (χ4n) is 1.55. The standard InChI is InChI=1S/C14H24N2O3.C2H6.CH4O/c1-9(14(3,4)5)13-16-11(10(2)19-13)12(18)15-7-6-8-17;2*1-2/h9,17H,6-8H2,1-5H3,(H,15,18);1-2H3;2H,1H3. The summed E-state index contributed by atoms with van der Waals surface area (Å²) in [6.45, 7) is 14.6. The lowest BCUT2D eigenvalue weighted by Crippen LogP contribution is -2.26. The highest BCUT2D eigenvalue weighted by Crippen LogP contribution is 2.34. The topological polar surface area (TPSA) is 95.6 Å². The largest absolute Gasteiger partial charge is 0.445 e. The van der Waals surface area contributed by atoms with Crippen molar-refractivity contribution in [3.05, 3.63) is 17.3 Å². The molecule has 1 aromatic heterocycles. The number of aromatic nitrogens is 1. The first-order valence-electron chi connectivity index (χ1n) is 8.08. The SMILES string of the molecule is CC.CO.Cc1oc(C(C)C(C)(C)C)nc1C(=O)NCCCO. The quantitative estimate of drug-likeness (QED) is 0.722. The predicted molar refractivity (Wildman–Crippen MR) is 92.6 cm³/mol. The van der Waals surface area contributed by atoms with Gasteiger partial charge in [0.05, 0.1) is 0 Å². The number of aliphatic hydroxyl groups is 2. The average molecular weight is 330 g/mol. The third-order valence-electron chi connectivity index (χ3n) is 3.32. The third-order valence-corrected chi connectivity index (χ3v) is 3.32. The second kappa shape index (κ2) is 12.1. The number of carbonyl (C=O) groups is 1. The van der Waals surface area contributed by atoms with E-state index < -0.39 is 0 Å². The molecule has 23 heavy (non-hydrogen) atoms. The average Bonchev–Trinajstić information content (AvgIpc) is 2.91. The van der Waals surface area contributed by atoms with Crippen LogP contribution in [0.25, 0.3) is 0 Å². The Morgan fingerprint density at radius 2 is 1.83 bits per heavy atom. The number of carbonyl (C=O) groups excluding carboxylic acids is 1. The zero-order valence-electron chi connectivity index (χ0n) is 15.9. The van der Waals surface area contributed by atoms with Crippen LogP contribution in [0.4, 0.5) is 0 Å². The first-order valence-corrected chi connectivity index (χ1v) is 8.08. The Morgan fingerprint density at radius 3 is 2.26 bits per heavy atom. The highest BCUT2D eigenvalue weighted by atomic mass is 16.4. The van der Waals surface area contributed by atoms with Crippen molar-refractivity contribution in [1.82, 2.24) is 10.3 Å². The van der Waals surface area contributed by atoms with E-state index in [9.17, 15) is 4.79 Å². The molecular weight excluding hydrogens is 296 g/mol. The lowest BCUT2D eigenvalue weighted by atomic mass is 9.82. The van der Waals surface area contributed by atoms with Crippen molar-refractivity contribution < 1.29 is 19.4 Å². The number of aliphatic hydroxyl groups excluding tert-OH is 2.